The highest BCUT2D eigenvalue weighted by Gasteiger charge is 2.33. The number of carbonyl (C=O) groups is 1. The fourth-order valence-electron chi connectivity index (χ4n) is 5.15. The van der Waals surface area contributed by atoms with Crippen molar-refractivity contribution in [2.75, 3.05) is 49.6 Å². The van der Waals surface area contributed by atoms with Crippen LogP contribution in [0.4, 0.5) is 15.8 Å². The summed E-state index contributed by atoms with van der Waals surface area (Å²) in [7, 11) is 1.58. The van der Waals surface area contributed by atoms with E-state index in [2.05, 4.69) is 38.3 Å². The lowest BCUT2D eigenvalue weighted by atomic mass is 9.94. The van der Waals surface area contributed by atoms with E-state index in [-0.39, 0.29) is 17.8 Å². The second kappa shape index (κ2) is 10.2. The number of anilines is 2. The first-order chi connectivity index (χ1) is 16.6. The standard InChI is InChI=1S/C27H30FN3O2S/c1-33-26-17-22(28)7-9-25(26)30-13-11-29(12-14-30)18-23-8-6-21-4-2-3-5-24(21)31(23)27(32)16-20-10-15-34-19-20/h2-5,7,9-10,15,17,19,23H,6,8,11-14,16,18H2,1H3. The number of halogens is 1. The zero-order valence-electron chi connectivity index (χ0n) is 19.5. The van der Waals surface area contributed by atoms with Crippen LogP contribution in [0.25, 0.3) is 0 Å². The monoisotopic (exact) mass is 479 g/mol. The minimum absolute atomic E-state index is 0.160. The lowest BCUT2D eigenvalue weighted by Gasteiger charge is -2.42. The Kier molecular flexibility index (Phi) is 6.83. The third-order valence-electron chi connectivity index (χ3n) is 6.89. The molecular weight excluding hydrogens is 449 g/mol. The van der Waals surface area contributed by atoms with Crippen molar-refractivity contribution >= 4 is 28.6 Å². The van der Waals surface area contributed by atoms with E-state index in [1.807, 2.05) is 17.5 Å². The van der Waals surface area contributed by atoms with Crippen molar-refractivity contribution in [1.82, 2.24) is 4.90 Å². The normalized spacial score (nSPS) is 18.6. The number of carbonyl (C=O) groups excluding carboxylic acids is 1. The highest BCUT2D eigenvalue weighted by atomic mass is 32.1. The Morgan fingerprint density at radius 1 is 1.09 bits per heavy atom. The molecule has 5 rings (SSSR count). The van der Waals surface area contributed by atoms with Gasteiger partial charge in [-0.05, 0) is 59.0 Å². The molecule has 3 heterocycles. The molecule has 1 saturated heterocycles. The maximum absolute atomic E-state index is 13.6. The predicted molar refractivity (Wildman–Crippen MR) is 136 cm³/mol. The van der Waals surface area contributed by atoms with Crippen LogP contribution in [-0.4, -0.2) is 56.7 Å². The van der Waals surface area contributed by atoms with E-state index in [4.69, 9.17) is 4.74 Å². The lowest BCUT2D eigenvalue weighted by molar-refractivity contribution is -0.118. The molecule has 0 bridgehead atoms. The van der Waals surface area contributed by atoms with Crippen LogP contribution in [0.1, 0.15) is 17.5 Å². The molecular formula is C27H30FN3O2S. The summed E-state index contributed by atoms with van der Waals surface area (Å²) in [6, 6.07) is 15.2. The molecule has 1 fully saturated rings. The summed E-state index contributed by atoms with van der Waals surface area (Å²) in [6.07, 6.45) is 2.40. The van der Waals surface area contributed by atoms with Crippen LogP contribution in [0.2, 0.25) is 0 Å². The van der Waals surface area contributed by atoms with Crippen LogP contribution < -0.4 is 14.5 Å². The molecule has 5 nitrogen and oxygen atoms in total. The summed E-state index contributed by atoms with van der Waals surface area (Å²) in [4.78, 5) is 20.2. The SMILES string of the molecule is COc1cc(F)ccc1N1CCN(CC2CCc3ccccc3N2C(=O)Cc2ccsc2)CC1. The molecule has 0 spiro atoms. The van der Waals surface area contributed by atoms with Gasteiger partial charge >= 0.3 is 0 Å². The summed E-state index contributed by atoms with van der Waals surface area (Å²) in [5, 5.41) is 4.09. The molecule has 178 valence electrons. The maximum atomic E-state index is 13.6. The molecule has 2 aromatic carbocycles. The van der Waals surface area contributed by atoms with E-state index in [0.29, 0.717) is 12.2 Å². The van der Waals surface area contributed by atoms with Crippen molar-refractivity contribution in [2.45, 2.75) is 25.3 Å². The van der Waals surface area contributed by atoms with E-state index >= 15 is 0 Å². The Hall–Kier alpha value is -2.90. The lowest BCUT2D eigenvalue weighted by Crippen LogP contribution is -2.54. The van der Waals surface area contributed by atoms with Crippen molar-refractivity contribution in [3.05, 3.63) is 76.2 Å². The van der Waals surface area contributed by atoms with Gasteiger partial charge < -0.3 is 14.5 Å². The summed E-state index contributed by atoms with van der Waals surface area (Å²) >= 11 is 1.63. The molecule has 1 atom stereocenters. The molecule has 0 N–H and O–H groups in total. The number of amides is 1. The van der Waals surface area contributed by atoms with Crippen molar-refractivity contribution < 1.29 is 13.9 Å². The number of para-hydroxylation sites is 1. The van der Waals surface area contributed by atoms with Gasteiger partial charge in [-0.15, -0.1) is 0 Å². The van der Waals surface area contributed by atoms with Crippen molar-refractivity contribution in [2.24, 2.45) is 0 Å². The predicted octanol–water partition coefficient (Wildman–Crippen LogP) is 4.61. The van der Waals surface area contributed by atoms with Gasteiger partial charge in [0.2, 0.25) is 5.91 Å². The van der Waals surface area contributed by atoms with Crippen LogP contribution in [-0.2, 0) is 17.6 Å². The van der Waals surface area contributed by atoms with Gasteiger partial charge in [-0.25, -0.2) is 4.39 Å². The van der Waals surface area contributed by atoms with Gasteiger partial charge in [0.15, 0.2) is 0 Å². The molecule has 1 amide bonds. The van der Waals surface area contributed by atoms with E-state index in [9.17, 15) is 9.18 Å². The summed E-state index contributed by atoms with van der Waals surface area (Å²) in [5.74, 6) is 0.455. The van der Waals surface area contributed by atoms with Crippen molar-refractivity contribution in [3.8, 4) is 5.75 Å². The van der Waals surface area contributed by atoms with Gasteiger partial charge in [0.25, 0.3) is 0 Å². The van der Waals surface area contributed by atoms with Crippen LogP contribution in [0.5, 0.6) is 5.75 Å². The molecule has 34 heavy (non-hydrogen) atoms. The van der Waals surface area contributed by atoms with E-state index in [1.54, 1.807) is 24.5 Å². The van der Waals surface area contributed by atoms with Gasteiger partial charge in [0, 0.05) is 50.5 Å². The minimum atomic E-state index is -0.288. The maximum Gasteiger partial charge on any atom is 0.231 e. The molecule has 1 aromatic heterocycles. The summed E-state index contributed by atoms with van der Waals surface area (Å²) < 4.78 is 19.0. The first-order valence-corrected chi connectivity index (χ1v) is 12.8. The number of hydrogen-bond acceptors (Lipinski definition) is 5. The topological polar surface area (TPSA) is 36.0 Å². The first kappa shape index (κ1) is 22.9. The molecule has 3 aromatic rings. The molecule has 7 heteroatoms. The zero-order chi connectivity index (χ0) is 23.5. The number of nitrogens with zero attached hydrogens (tertiary/aromatic N) is 3. The smallest absolute Gasteiger partial charge is 0.231 e. The Labute approximate surface area is 204 Å². The third-order valence-corrected chi connectivity index (χ3v) is 7.62. The van der Waals surface area contributed by atoms with Crippen molar-refractivity contribution in [3.63, 3.8) is 0 Å². The van der Waals surface area contributed by atoms with Gasteiger partial charge in [-0.3, -0.25) is 9.69 Å². The quantitative estimate of drug-likeness (QED) is 0.517. The number of hydrogen-bond donors (Lipinski definition) is 0. The molecule has 2 aliphatic rings. The van der Waals surface area contributed by atoms with E-state index in [0.717, 1.165) is 62.5 Å². The second-order valence-corrected chi connectivity index (χ2v) is 9.78. The van der Waals surface area contributed by atoms with E-state index < -0.39 is 0 Å². The minimum Gasteiger partial charge on any atom is -0.494 e. The summed E-state index contributed by atoms with van der Waals surface area (Å²) in [6.45, 7) is 4.33. The van der Waals surface area contributed by atoms with Gasteiger partial charge in [0.05, 0.1) is 19.2 Å². The van der Waals surface area contributed by atoms with Crippen LogP contribution in [0.15, 0.2) is 59.3 Å². The fourth-order valence-corrected chi connectivity index (χ4v) is 5.82. The molecule has 1 unspecified atom stereocenters. The van der Waals surface area contributed by atoms with Gasteiger partial charge in [-0.2, -0.15) is 11.3 Å². The number of aryl methyl sites for hydroxylation is 1. The van der Waals surface area contributed by atoms with Crippen LogP contribution in [0.3, 0.4) is 0 Å². The first-order valence-electron chi connectivity index (χ1n) is 11.8. The highest BCUT2D eigenvalue weighted by molar-refractivity contribution is 7.08. The summed E-state index contributed by atoms with van der Waals surface area (Å²) in [5.41, 5.74) is 4.33. The Morgan fingerprint density at radius 3 is 2.68 bits per heavy atom. The number of thiophene rings is 1. The largest absolute Gasteiger partial charge is 0.494 e. The second-order valence-electron chi connectivity index (χ2n) is 9.00. The number of rotatable bonds is 6. The Balaban J connectivity index is 1.28. The fraction of sp³-hybridized carbons (Fsp3) is 0.370. The Morgan fingerprint density at radius 2 is 1.91 bits per heavy atom. The molecule has 0 radical (unpaired) electrons. The number of fused-ring (bicyclic) bond motifs is 1. The van der Waals surface area contributed by atoms with Crippen LogP contribution in [0, 0.1) is 5.82 Å². The number of methoxy groups -OCH3 is 1. The highest BCUT2D eigenvalue weighted by Crippen LogP contribution is 2.33. The van der Waals surface area contributed by atoms with Crippen molar-refractivity contribution in [1.29, 1.82) is 0 Å². The molecule has 2 aliphatic heterocycles. The average molecular weight is 480 g/mol. The van der Waals surface area contributed by atoms with E-state index in [1.165, 1.54) is 17.7 Å². The van der Waals surface area contributed by atoms with Crippen LogP contribution >= 0.6 is 11.3 Å². The average Bonchev–Trinajstić information content (AvgIpc) is 3.37. The Bertz CT molecular complexity index is 1130. The van der Waals surface area contributed by atoms with Gasteiger partial charge in [0.1, 0.15) is 11.6 Å². The number of ether oxygens (including phenoxy) is 1. The molecule has 0 aliphatic carbocycles. The number of piperazine rings is 1. The zero-order valence-corrected chi connectivity index (χ0v) is 20.3. The number of benzene rings is 2. The van der Waals surface area contributed by atoms with Gasteiger partial charge in [-0.1, -0.05) is 18.2 Å². The third kappa shape index (κ3) is 4.81. The molecule has 0 saturated carbocycles.